The second kappa shape index (κ2) is 8.61. The fourth-order valence-corrected chi connectivity index (χ4v) is 6.00. The summed E-state index contributed by atoms with van der Waals surface area (Å²) >= 11 is 1.88. The maximum Gasteiger partial charge on any atom is 0.289 e. The zero-order valence-corrected chi connectivity index (χ0v) is 19.2. The highest BCUT2D eigenvalue weighted by Crippen LogP contribution is 2.39. The molecule has 6 nitrogen and oxygen atoms in total. The van der Waals surface area contributed by atoms with Crippen molar-refractivity contribution in [3.05, 3.63) is 40.4 Å². The predicted molar refractivity (Wildman–Crippen MR) is 124 cm³/mol. The summed E-state index contributed by atoms with van der Waals surface area (Å²) in [6.07, 6.45) is 8.57. The lowest BCUT2D eigenvalue weighted by Crippen LogP contribution is -2.49. The molecule has 3 aromatic rings. The lowest BCUT2D eigenvalue weighted by Gasteiger charge is -2.35. The lowest BCUT2D eigenvalue weighted by molar-refractivity contribution is 0.0714. The van der Waals surface area contributed by atoms with Gasteiger partial charge in [0.2, 0.25) is 0 Å². The molecule has 0 atom stereocenters. The van der Waals surface area contributed by atoms with Crippen LogP contribution < -0.4 is 4.90 Å². The van der Waals surface area contributed by atoms with Gasteiger partial charge < -0.3 is 14.2 Å². The van der Waals surface area contributed by atoms with Crippen LogP contribution in [-0.2, 0) is 19.3 Å². The molecule has 1 saturated heterocycles. The monoisotopic (exact) mass is 438 g/mol. The van der Waals surface area contributed by atoms with Crippen molar-refractivity contribution in [2.45, 2.75) is 52.4 Å². The first-order chi connectivity index (χ1) is 15.1. The number of carbonyl (C=O) groups excluding carboxylic acids is 1. The SMILES string of the molecule is CC(C)Cc1nc(N2CCN(C(=O)c3ccco3)CC2)c2c3c(sc2n1)CCCCC3. The van der Waals surface area contributed by atoms with Crippen molar-refractivity contribution in [2.75, 3.05) is 31.1 Å². The number of hydrogen-bond donors (Lipinski definition) is 0. The number of nitrogens with zero attached hydrogens (tertiary/aromatic N) is 4. The number of rotatable bonds is 4. The maximum absolute atomic E-state index is 12.7. The Morgan fingerprint density at radius 1 is 1.13 bits per heavy atom. The molecule has 0 saturated carbocycles. The maximum atomic E-state index is 12.7. The van der Waals surface area contributed by atoms with Crippen molar-refractivity contribution < 1.29 is 9.21 Å². The van der Waals surface area contributed by atoms with Gasteiger partial charge in [0.15, 0.2) is 5.76 Å². The molecule has 0 spiro atoms. The first-order valence-electron chi connectivity index (χ1n) is 11.5. The molecule has 0 N–H and O–H groups in total. The molecule has 0 bridgehead atoms. The minimum absolute atomic E-state index is 0.0256. The second-order valence-corrected chi connectivity index (χ2v) is 10.1. The van der Waals surface area contributed by atoms with Gasteiger partial charge in [0.1, 0.15) is 16.5 Å². The number of anilines is 1. The molecule has 31 heavy (non-hydrogen) atoms. The predicted octanol–water partition coefficient (Wildman–Crippen LogP) is 4.71. The van der Waals surface area contributed by atoms with Crippen LogP contribution >= 0.6 is 11.3 Å². The van der Waals surface area contributed by atoms with Gasteiger partial charge in [-0.3, -0.25) is 4.79 Å². The number of aromatic nitrogens is 2. The molecular formula is C24H30N4O2S. The van der Waals surface area contributed by atoms with Crippen LogP contribution in [0.4, 0.5) is 5.82 Å². The quantitative estimate of drug-likeness (QED) is 0.552. The first kappa shape index (κ1) is 20.5. The van der Waals surface area contributed by atoms with Crippen LogP contribution in [0.3, 0.4) is 0 Å². The molecule has 0 aromatic carbocycles. The standard InChI is InChI=1S/C24H30N4O2S/c1-16(2)15-20-25-22(21-17-7-4-3-5-9-19(17)31-23(21)26-20)27-10-12-28(13-11-27)24(29)18-8-6-14-30-18/h6,8,14,16H,3-5,7,9-13,15H2,1-2H3. The summed E-state index contributed by atoms with van der Waals surface area (Å²) in [4.78, 5) is 29.7. The van der Waals surface area contributed by atoms with Crippen LogP contribution in [0.25, 0.3) is 10.2 Å². The van der Waals surface area contributed by atoms with Crippen molar-refractivity contribution in [3.8, 4) is 0 Å². The molecule has 164 valence electrons. The molecule has 0 radical (unpaired) electrons. The Balaban J connectivity index is 1.46. The Labute approximate surface area is 187 Å². The largest absolute Gasteiger partial charge is 0.459 e. The molecule has 1 aliphatic heterocycles. The van der Waals surface area contributed by atoms with Crippen molar-refractivity contribution >= 4 is 33.3 Å². The average Bonchev–Trinajstić information content (AvgIpc) is 3.35. The number of amides is 1. The van der Waals surface area contributed by atoms with E-state index < -0.39 is 0 Å². The van der Waals surface area contributed by atoms with Gasteiger partial charge in [-0.05, 0) is 49.3 Å². The Kier molecular flexibility index (Phi) is 5.69. The van der Waals surface area contributed by atoms with Gasteiger partial charge in [-0.1, -0.05) is 20.3 Å². The van der Waals surface area contributed by atoms with E-state index in [4.69, 9.17) is 14.4 Å². The number of furan rings is 1. The summed E-state index contributed by atoms with van der Waals surface area (Å²) in [5, 5.41) is 1.28. The Bertz CT molecular complexity index is 1070. The van der Waals surface area contributed by atoms with E-state index in [0.29, 0.717) is 24.8 Å². The third-order valence-electron chi connectivity index (χ3n) is 6.28. The molecule has 1 amide bonds. The highest BCUT2D eigenvalue weighted by Gasteiger charge is 2.28. The highest BCUT2D eigenvalue weighted by atomic mass is 32.1. The number of carbonyl (C=O) groups is 1. The van der Waals surface area contributed by atoms with Crippen molar-refractivity contribution in [1.82, 2.24) is 14.9 Å². The van der Waals surface area contributed by atoms with E-state index in [1.807, 2.05) is 16.2 Å². The van der Waals surface area contributed by atoms with Crippen molar-refractivity contribution in [3.63, 3.8) is 0 Å². The zero-order chi connectivity index (χ0) is 21.4. The Morgan fingerprint density at radius 2 is 1.94 bits per heavy atom. The van der Waals surface area contributed by atoms with Crippen LogP contribution in [0.2, 0.25) is 0 Å². The fraction of sp³-hybridized carbons (Fsp3) is 0.542. The first-order valence-corrected chi connectivity index (χ1v) is 12.3. The normalized spacial score (nSPS) is 17.3. The molecule has 0 unspecified atom stereocenters. The van der Waals surface area contributed by atoms with Gasteiger partial charge in [0.05, 0.1) is 11.6 Å². The van der Waals surface area contributed by atoms with E-state index in [1.54, 1.807) is 18.4 Å². The third-order valence-corrected chi connectivity index (χ3v) is 7.47. The Hall–Kier alpha value is -2.41. The van der Waals surface area contributed by atoms with Gasteiger partial charge in [0, 0.05) is 37.5 Å². The molecule has 3 aromatic heterocycles. The van der Waals surface area contributed by atoms with Gasteiger partial charge in [0.25, 0.3) is 5.91 Å². The van der Waals surface area contributed by atoms with Crippen molar-refractivity contribution in [1.29, 1.82) is 0 Å². The van der Waals surface area contributed by atoms with Crippen LogP contribution in [-0.4, -0.2) is 47.0 Å². The molecule has 1 aliphatic carbocycles. The molecule has 7 heteroatoms. The van der Waals surface area contributed by atoms with E-state index >= 15 is 0 Å². The minimum atomic E-state index is -0.0256. The van der Waals surface area contributed by atoms with E-state index in [-0.39, 0.29) is 5.91 Å². The fourth-order valence-electron chi connectivity index (χ4n) is 4.72. The zero-order valence-electron chi connectivity index (χ0n) is 18.4. The van der Waals surface area contributed by atoms with Crippen LogP contribution in [0.5, 0.6) is 0 Å². The van der Waals surface area contributed by atoms with Gasteiger partial charge in [-0.15, -0.1) is 11.3 Å². The summed E-state index contributed by atoms with van der Waals surface area (Å²) in [7, 11) is 0. The summed E-state index contributed by atoms with van der Waals surface area (Å²) in [5.41, 5.74) is 1.48. The molecule has 2 aliphatic rings. The van der Waals surface area contributed by atoms with E-state index in [1.165, 1.54) is 41.5 Å². The molecular weight excluding hydrogens is 408 g/mol. The number of thiophene rings is 1. The van der Waals surface area contributed by atoms with Gasteiger partial charge in [-0.25, -0.2) is 9.97 Å². The van der Waals surface area contributed by atoms with Crippen LogP contribution in [0, 0.1) is 5.92 Å². The number of piperazine rings is 1. The van der Waals surface area contributed by atoms with Gasteiger partial charge >= 0.3 is 0 Å². The van der Waals surface area contributed by atoms with Crippen molar-refractivity contribution in [2.24, 2.45) is 5.92 Å². The number of aryl methyl sites for hydroxylation is 2. The third kappa shape index (κ3) is 4.07. The number of hydrogen-bond acceptors (Lipinski definition) is 6. The number of fused-ring (bicyclic) bond motifs is 3. The molecule has 4 heterocycles. The Morgan fingerprint density at radius 3 is 2.68 bits per heavy atom. The van der Waals surface area contributed by atoms with E-state index in [2.05, 4.69) is 18.7 Å². The lowest BCUT2D eigenvalue weighted by atomic mass is 10.1. The molecule has 1 fully saturated rings. The smallest absolute Gasteiger partial charge is 0.289 e. The highest BCUT2D eigenvalue weighted by molar-refractivity contribution is 7.19. The summed E-state index contributed by atoms with van der Waals surface area (Å²) in [5.74, 6) is 2.95. The van der Waals surface area contributed by atoms with E-state index in [0.717, 1.165) is 42.4 Å². The van der Waals surface area contributed by atoms with Gasteiger partial charge in [-0.2, -0.15) is 0 Å². The summed E-state index contributed by atoms with van der Waals surface area (Å²) < 4.78 is 5.31. The molecule has 5 rings (SSSR count). The average molecular weight is 439 g/mol. The van der Waals surface area contributed by atoms with E-state index in [9.17, 15) is 4.79 Å². The van der Waals surface area contributed by atoms with Crippen LogP contribution in [0.1, 0.15) is 59.9 Å². The second-order valence-electron chi connectivity index (χ2n) is 9.06. The summed E-state index contributed by atoms with van der Waals surface area (Å²) in [6.45, 7) is 7.36. The topological polar surface area (TPSA) is 62.5 Å². The van der Waals surface area contributed by atoms with Crippen LogP contribution in [0.15, 0.2) is 22.8 Å². The summed E-state index contributed by atoms with van der Waals surface area (Å²) in [6, 6.07) is 3.50. The minimum Gasteiger partial charge on any atom is -0.459 e.